The fraction of sp³-hybridized carbons (Fsp3) is 0.538. The number of carbonyl (C=O) groups excluding carboxylic acids is 2. The summed E-state index contributed by atoms with van der Waals surface area (Å²) in [4.78, 5) is 40.4. The lowest BCUT2D eigenvalue weighted by Gasteiger charge is -2.20. The van der Waals surface area contributed by atoms with Crippen molar-refractivity contribution in [1.29, 1.82) is 0 Å². The zero-order chi connectivity index (χ0) is 15.6. The first-order valence-corrected chi connectivity index (χ1v) is 7.58. The van der Waals surface area contributed by atoms with Crippen molar-refractivity contribution in [3.05, 3.63) is 11.1 Å². The summed E-state index contributed by atoms with van der Waals surface area (Å²) >= 11 is 1.15. The molecule has 1 atom stereocenters. The van der Waals surface area contributed by atoms with Crippen LogP contribution < -0.4 is 5.32 Å². The van der Waals surface area contributed by atoms with E-state index >= 15 is 0 Å². The average Bonchev–Trinajstić information content (AvgIpc) is 3.06. The molecule has 0 bridgehead atoms. The molecule has 0 spiro atoms. The Morgan fingerprint density at radius 3 is 2.81 bits per heavy atom. The van der Waals surface area contributed by atoms with Crippen molar-refractivity contribution in [2.24, 2.45) is 5.92 Å². The number of rotatable bonds is 4. The highest BCUT2D eigenvalue weighted by Gasteiger charge is 2.35. The summed E-state index contributed by atoms with van der Waals surface area (Å²) in [5.74, 6) is -1.75. The Labute approximate surface area is 126 Å². The fourth-order valence-corrected chi connectivity index (χ4v) is 2.78. The van der Waals surface area contributed by atoms with Crippen molar-refractivity contribution < 1.29 is 19.5 Å². The van der Waals surface area contributed by atoms with Crippen LogP contribution in [0.15, 0.2) is 5.38 Å². The third kappa shape index (κ3) is 3.38. The van der Waals surface area contributed by atoms with E-state index in [-0.39, 0.29) is 17.5 Å². The van der Waals surface area contributed by atoms with E-state index in [1.54, 1.807) is 13.8 Å². The second-order valence-corrected chi connectivity index (χ2v) is 6.03. The van der Waals surface area contributed by atoms with Gasteiger partial charge in [-0.3, -0.25) is 9.59 Å². The molecule has 0 aromatic carbocycles. The van der Waals surface area contributed by atoms with Crippen LogP contribution in [0, 0.1) is 5.92 Å². The summed E-state index contributed by atoms with van der Waals surface area (Å²) in [6, 6.07) is -0.784. The second-order valence-electron chi connectivity index (χ2n) is 5.18. The summed E-state index contributed by atoms with van der Waals surface area (Å²) < 4.78 is 0. The van der Waals surface area contributed by atoms with Crippen molar-refractivity contribution in [2.75, 3.05) is 11.9 Å². The van der Waals surface area contributed by atoms with Crippen molar-refractivity contribution in [3.8, 4) is 0 Å². The van der Waals surface area contributed by atoms with Gasteiger partial charge in [0.15, 0.2) is 5.13 Å². The summed E-state index contributed by atoms with van der Waals surface area (Å²) in [6.07, 6.45) is 1.13. The summed E-state index contributed by atoms with van der Waals surface area (Å²) in [6.45, 7) is 3.94. The van der Waals surface area contributed by atoms with Gasteiger partial charge in [0, 0.05) is 17.8 Å². The molecule has 0 saturated carbocycles. The molecule has 1 aromatic heterocycles. The normalized spacial score (nSPS) is 18.0. The van der Waals surface area contributed by atoms with Crippen LogP contribution in [0.25, 0.3) is 0 Å². The first-order chi connectivity index (χ1) is 9.90. The Balaban J connectivity index is 2.08. The number of anilines is 1. The van der Waals surface area contributed by atoms with Crippen LogP contribution in [0.1, 0.15) is 37.2 Å². The highest BCUT2D eigenvalue weighted by molar-refractivity contribution is 7.14. The van der Waals surface area contributed by atoms with E-state index in [4.69, 9.17) is 5.11 Å². The minimum Gasteiger partial charge on any atom is -0.480 e. The molecule has 2 amide bonds. The molecule has 8 heteroatoms. The van der Waals surface area contributed by atoms with Gasteiger partial charge in [0.25, 0.3) is 5.91 Å². The van der Waals surface area contributed by atoms with Crippen LogP contribution in [0.5, 0.6) is 0 Å². The van der Waals surface area contributed by atoms with Crippen LogP contribution in [0.3, 0.4) is 0 Å². The Bertz CT molecular complexity index is 570. The summed E-state index contributed by atoms with van der Waals surface area (Å²) in [5, 5.41) is 13.6. The van der Waals surface area contributed by atoms with Crippen molar-refractivity contribution in [2.45, 2.75) is 32.7 Å². The highest BCUT2D eigenvalue weighted by Crippen LogP contribution is 2.23. The molecule has 1 fully saturated rings. The Morgan fingerprint density at radius 1 is 1.48 bits per heavy atom. The maximum Gasteiger partial charge on any atom is 0.326 e. The van der Waals surface area contributed by atoms with E-state index in [0.717, 1.165) is 11.3 Å². The standard InChI is InChI=1S/C13H17N3O4S/c1-7(2)10(17)15-13-14-8(6-21-13)11(18)16-5-3-4-9(16)12(19)20/h6-7,9H,3-5H2,1-2H3,(H,19,20)(H,14,15,17). The first kappa shape index (κ1) is 15.4. The second kappa shape index (κ2) is 6.21. The Hall–Kier alpha value is -1.96. The summed E-state index contributed by atoms with van der Waals surface area (Å²) in [7, 11) is 0. The van der Waals surface area contributed by atoms with Crippen LogP contribution in [-0.2, 0) is 9.59 Å². The lowest BCUT2D eigenvalue weighted by atomic mass is 10.2. The van der Waals surface area contributed by atoms with Gasteiger partial charge in [-0.15, -0.1) is 11.3 Å². The molecule has 1 aliphatic heterocycles. The molecule has 2 N–H and O–H groups in total. The van der Waals surface area contributed by atoms with Crippen LogP contribution in [-0.4, -0.2) is 45.4 Å². The van der Waals surface area contributed by atoms with Gasteiger partial charge in [-0.2, -0.15) is 0 Å². The quantitative estimate of drug-likeness (QED) is 0.876. The Morgan fingerprint density at radius 2 is 2.19 bits per heavy atom. The molecule has 1 aliphatic rings. The van der Waals surface area contributed by atoms with Gasteiger partial charge in [0.1, 0.15) is 11.7 Å². The number of aromatic nitrogens is 1. The maximum atomic E-state index is 12.3. The SMILES string of the molecule is CC(C)C(=O)Nc1nc(C(=O)N2CCCC2C(=O)O)cs1. The Kier molecular flexibility index (Phi) is 4.56. The fourth-order valence-electron chi connectivity index (χ4n) is 2.09. The molecule has 114 valence electrons. The average molecular weight is 311 g/mol. The monoisotopic (exact) mass is 311 g/mol. The minimum atomic E-state index is -0.996. The molecule has 1 aromatic rings. The highest BCUT2D eigenvalue weighted by atomic mass is 32.1. The number of carbonyl (C=O) groups is 3. The molecule has 1 unspecified atom stereocenters. The van der Waals surface area contributed by atoms with Gasteiger partial charge >= 0.3 is 5.97 Å². The predicted octanol–water partition coefficient (Wildman–Crippen LogP) is 1.43. The first-order valence-electron chi connectivity index (χ1n) is 6.70. The number of thiazole rings is 1. The molecule has 0 radical (unpaired) electrons. The number of aliphatic carboxylic acids is 1. The van der Waals surface area contributed by atoms with E-state index < -0.39 is 17.9 Å². The number of carboxylic acid groups (broad SMARTS) is 1. The number of amides is 2. The van der Waals surface area contributed by atoms with Crippen LogP contribution in [0.2, 0.25) is 0 Å². The largest absolute Gasteiger partial charge is 0.480 e. The van der Waals surface area contributed by atoms with Crippen molar-refractivity contribution >= 4 is 34.3 Å². The number of nitrogens with one attached hydrogen (secondary N) is 1. The molecule has 1 saturated heterocycles. The topological polar surface area (TPSA) is 99.6 Å². The summed E-state index contributed by atoms with van der Waals surface area (Å²) in [5.41, 5.74) is 0.173. The van der Waals surface area contributed by atoms with Gasteiger partial charge in [-0.25, -0.2) is 9.78 Å². The third-order valence-corrected chi connectivity index (χ3v) is 4.03. The molecule has 0 aliphatic carbocycles. The number of likely N-dealkylation sites (tertiary alicyclic amines) is 1. The molecule has 21 heavy (non-hydrogen) atoms. The van der Waals surface area contributed by atoms with E-state index in [9.17, 15) is 14.4 Å². The van der Waals surface area contributed by atoms with Gasteiger partial charge < -0.3 is 15.3 Å². The van der Waals surface area contributed by atoms with E-state index in [1.165, 1.54) is 10.3 Å². The third-order valence-electron chi connectivity index (χ3n) is 3.28. The molecular weight excluding hydrogens is 294 g/mol. The lowest BCUT2D eigenvalue weighted by Crippen LogP contribution is -2.40. The zero-order valence-corrected chi connectivity index (χ0v) is 12.6. The van der Waals surface area contributed by atoms with Gasteiger partial charge in [0.05, 0.1) is 0 Å². The zero-order valence-electron chi connectivity index (χ0n) is 11.8. The van der Waals surface area contributed by atoms with Crippen molar-refractivity contribution in [1.82, 2.24) is 9.88 Å². The van der Waals surface area contributed by atoms with Gasteiger partial charge in [-0.1, -0.05) is 13.8 Å². The lowest BCUT2D eigenvalue weighted by molar-refractivity contribution is -0.141. The van der Waals surface area contributed by atoms with Crippen LogP contribution in [0.4, 0.5) is 5.13 Å². The van der Waals surface area contributed by atoms with Gasteiger partial charge in [-0.05, 0) is 12.8 Å². The smallest absolute Gasteiger partial charge is 0.326 e. The van der Waals surface area contributed by atoms with Gasteiger partial charge in [0.2, 0.25) is 5.91 Å². The minimum absolute atomic E-state index is 0.173. The number of hydrogen-bond donors (Lipinski definition) is 2. The van der Waals surface area contributed by atoms with Crippen LogP contribution >= 0.6 is 11.3 Å². The number of hydrogen-bond acceptors (Lipinski definition) is 5. The molecule has 7 nitrogen and oxygen atoms in total. The van der Waals surface area contributed by atoms with E-state index in [0.29, 0.717) is 24.5 Å². The number of nitrogens with zero attached hydrogens (tertiary/aromatic N) is 2. The molecule has 2 rings (SSSR count). The van der Waals surface area contributed by atoms with E-state index in [1.807, 2.05) is 0 Å². The predicted molar refractivity (Wildman–Crippen MR) is 77.3 cm³/mol. The maximum absolute atomic E-state index is 12.3. The number of carboxylic acids is 1. The molecule has 2 heterocycles. The van der Waals surface area contributed by atoms with E-state index in [2.05, 4.69) is 10.3 Å². The van der Waals surface area contributed by atoms with Crippen molar-refractivity contribution in [3.63, 3.8) is 0 Å². The molecular formula is C13H17N3O4S.